The number of ether oxygens (including phenoxy) is 1. The minimum atomic E-state index is -1.07. The van der Waals surface area contributed by atoms with Gasteiger partial charge in [-0.05, 0) is 38.3 Å². The largest absolute Gasteiger partial charge is 0.483 e. The third-order valence-electron chi connectivity index (χ3n) is 3.45. The number of nitrogens with zero attached hydrogens (tertiary/aromatic N) is 1. The topological polar surface area (TPSA) is 66.8 Å². The first-order chi connectivity index (χ1) is 10.1. The number of likely N-dealkylation sites (N-methyl/N-ethyl adjacent to an activating group) is 1. The molecule has 0 saturated heterocycles. The highest BCUT2D eigenvalue weighted by Gasteiger charge is 2.20. The van der Waals surface area contributed by atoms with Crippen molar-refractivity contribution in [2.45, 2.75) is 26.2 Å². The summed E-state index contributed by atoms with van der Waals surface area (Å²) in [6.45, 7) is 2.35. The van der Waals surface area contributed by atoms with Crippen LogP contribution in [0.2, 0.25) is 0 Å². The van der Waals surface area contributed by atoms with Crippen LogP contribution in [0.15, 0.2) is 36.0 Å². The molecule has 0 saturated carbocycles. The van der Waals surface area contributed by atoms with Crippen molar-refractivity contribution in [3.05, 3.63) is 41.6 Å². The number of hydrogen-bond donors (Lipinski definition) is 1. The molecule has 0 heterocycles. The van der Waals surface area contributed by atoms with Gasteiger partial charge in [0.15, 0.2) is 6.61 Å². The number of carboxylic acids is 1. The Balaban J connectivity index is 2.02. The summed E-state index contributed by atoms with van der Waals surface area (Å²) in [7, 11) is 0. The van der Waals surface area contributed by atoms with Gasteiger partial charge < -0.3 is 14.7 Å². The fourth-order valence-corrected chi connectivity index (χ4v) is 2.43. The minimum Gasteiger partial charge on any atom is -0.483 e. The van der Waals surface area contributed by atoms with Crippen molar-refractivity contribution >= 4 is 11.9 Å². The second-order valence-corrected chi connectivity index (χ2v) is 4.82. The Labute approximate surface area is 123 Å². The Bertz CT molecular complexity index is 565. The zero-order valence-corrected chi connectivity index (χ0v) is 12.0. The molecule has 1 amide bonds. The van der Waals surface area contributed by atoms with Gasteiger partial charge in [-0.1, -0.05) is 18.2 Å². The first-order valence-electron chi connectivity index (χ1n) is 7.08. The average Bonchev–Trinajstić information content (AvgIpc) is 3.00. The number of carboxylic acid groups (broad SMARTS) is 1. The van der Waals surface area contributed by atoms with E-state index in [-0.39, 0.29) is 23.8 Å². The molecule has 0 bridgehead atoms. The van der Waals surface area contributed by atoms with E-state index in [9.17, 15) is 9.59 Å². The zero-order chi connectivity index (χ0) is 15.2. The van der Waals surface area contributed by atoms with Gasteiger partial charge in [0.2, 0.25) is 0 Å². The Morgan fingerprint density at radius 1 is 1.33 bits per heavy atom. The van der Waals surface area contributed by atoms with Crippen molar-refractivity contribution in [3.63, 3.8) is 0 Å². The number of aromatic carboxylic acids is 1. The number of amides is 1. The van der Waals surface area contributed by atoms with Gasteiger partial charge in [-0.15, -0.1) is 0 Å². The van der Waals surface area contributed by atoms with Crippen LogP contribution in [-0.4, -0.2) is 35.0 Å². The quantitative estimate of drug-likeness (QED) is 0.874. The van der Waals surface area contributed by atoms with Crippen LogP contribution < -0.4 is 4.74 Å². The molecule has 1 aliphatic rings. The highest BCUT2D eigenvalue weighted by atomic mass is 16.5. The molecule has 0 spiro atoms. The first-order valence-corrected chi connectivity index (χ1v) is 7.08. The van der Waals surface area contributed by atoms with Crippen LogP contribution in [0.3, 0.4) is 0 Å². The number of rotatable bonds is 6. The predicted octanol–water partition coefficient (Wildman–Crippen LogP) is 2.68. The molecule has 2 rings (SSSR count). The second kappa shape index (κ2) is 6.92. The van der Waals surface area contributed by atoms with E-state index >= 15 is 0 Å². The second-order valence-electron chi connectivity index (χ2n) is 4.82. The highest BCUT2D eigenvalue weighted by Crippen LogP contribution is 2.22. The van der Waals surface area contributed by atoms with E-state index in [0.29, 0.717) is 6.54 Å². The fourth-order valence-electron chi connectivity index (χ4n) is 2.43. The Hall–Kier alpha value is -2.30. The standard InChI is InChI=1S/C16H19NO4/c1-2-17(12-7-3-4-8-12)15(18)11-21-14-10-6-5-9-13(14)16(19)20/h5-7,9-10H,2-4,8,11H2,1H3,(H,19,20). The third-order valence-corrected chi connectivity index (χ3v) is 3.45. The number of para-hydroxylation sites is 1. The van der Waals surface area contributed by atoms with Crippen molar-refractivity contribution in [1.82, 2.24) is 4.90 Å². The number of allylic oxidation sites excluding steroid dienone is 2. The molecule has 1 aliphatic carbocycles. The lowest BCUT2D eigenvalue weighted by atomic mass is 10.2. The van der Waals surface area contributed by atoms with E-state index in [4.69, 9.17) is 9.84 Å². The van der Waals surface area contributed by atoms with Gasteiger partial charge in [0.1, 0.15) is 11.3 Å². The molecular formula is C16H19NO4. The van der Waals surface area contributed by atoms with Gasteiger partial charge in [0.05, 0.1) is 0 Å². The summed E-state index contributed by atoms with van der Waals surface area (Å²) in [5, 5.41) is 9.07. The van der Waals surface area contributed by atoms with Gasteiger partial charge in [0, 0.05) is 12.2 Å². The summed E-state index contributed by atoms with van der Waals surface area (Å²) in [5.74, 6) is -0.996. The maximum atomic E-state index is 12.2. The molecule has 5 nitrogen and oxygen atoms in total. The van der Waals surface area contributed by atoms with Crippen LogP contribution in [-0.2, 0) is 4.79 Å². The molecule has 0 atom stereocenters. The average molecular weight is 289 g/mol. The van der Waals surface area contributed by atoms with Gasteiger partial charge in [-0.25, -0.2) is 4.79 Å². The molecule has 1 N–H and O–H groups in total. The molecule has 0 aromatic heterocycles. The molecule has 0 aliphatic heterocycles. The van der Waals surface area contributed by atoms with Gasteiger partial charge in [-0.3, -0.25) is 4.79 Å². The number of hydrogen-bond acceptors (Lipinski definition) is 3. The van der Waals surface area contributed by atoms with Crippen molar-refractivity contribution in [3.8, 4) is 5.75 Å². The number of carbonyl (C=O) groups excluding carboxylic acids is 1. The van der Waals surface area contributed by atoms with Crippen molar-refractivity contribution < 1.29 is 19.4 Å². The van der Waals surface area contributed by atoms with E-state index in [1.807, 2.05) is 6.92 Å². The zero-order valence-electron chi connectivity index (χ0n) is 12.0. The summed E-state index contributed by atoms with van der Waals surface area (Å²) >= 11 is 0. The van der Waals surface area contributed by atoms with E-state index < -0.39 is 5.97 Å². The minimum absolute atomic E-state index is 0.0634. The van der Waals surface area contributed by atoms with Crippen molar-refractivity contribution in [2.24, 2.45) is 0 Å². The van der Waals surface area contributed by atoms with E-state index in [2.05, 4.69) is 6.08 Å². The summed E-state index contributed by atoms with van der Waals surface area (Å²) < 4.78 is 5.40. The lowest BCUT2D eigenvalue weighted by Crippen LogP contribution is -2.33. The molecule has 112 valence electrons. The van der Waals surface area contributed by atoms with Crippen LogP contribution in [0.1, 0.15) is 36.5 Å². The van der Waals surface area contributed by atoms with Crippen LogP contribution in [0, 0.1) is 0 Å². The first kappa shape index (κ1) is 15.1. The molecule has 0 radical (unpaired) electrons. The predicted molar refractivity (Wildman–Crippen MR) is 78.2 cm³/mol. The maximum absolute atomic E-state index is 12.2. The molecule has 5 heteroatoms. The molecule has 1 aromatic rings. The molecule has 0 unspecified atom stereocenters. The Morgan fingerprint density at radius 2 is 2.10 bits per heavy atom. The Morgan fingerprint density at radius 3 is 2.71 bits per heavy atom. The van der Waals surface area contributed by atoms with Crippen LogP contribution in [0.4, 0.5) is 0 Å². The van der Waals surface area contributed by atoms with E-state index in [1.54, 1.807) is 23.1 Å². The smallest absolute Gasteiger partial charge is 0.339 e. The van der Waals surface area contributed by atoms with Gasteiger partial charge in [-0.2, -0.15) is 0 Å². The lowest BCUT2D eigenvalue weighted by Gasteiger charge is -2.22. The number of benzene rings is 1. The summed E-state index contributed by atoms with van der Waals surface area (Å²) in [4.78, 5) is 25.0. The van der Waals surface area contributed by atoms with Crippen LogP contribution >= 0.6 is 0 Å². The van der Waals surface area contributed by atoms with Gasteiger partial charge >= 0.3 is 5.97 Å². The van der Waals surface area contributed by atoms with E-state index in [1.165, 1.54) is 6.07 Å². The molecule has 0 fully saturated rings. The highest BCUT2D eigenvalue weighted by molar-refractivity contribution is 5.91. The monoisotopic (exact) mass is 289 g/mol. The fraction of sp³-hybridized carbons (Fsp3) is 0.375. The van der Waals surface area contributed by atoms with Crippen molar-refractivity contribution in [1.29, 1.82) is 0 Å². The van der Waals surface area contributed by atoms with Crippen LogP contribution in [0.25, 0.3) is 0 Å². The summed E-state index contributed by atoms with van der Waals surface area (Å²) in [6.07, 6.45) is 5.06. The summed E-state index contributed by atoms with van der Waals surface area (Å²) in [5.41, 5.74) is 1.10. The normalized spacial score (nSPS) is 13.7. The molecule has 21 heavy (non-hydrogen) atoms. The summed E-state index contributed by atoms with van der Waals surface area (Å²) in [6, 6.07) is 6.32. The SMILES string of the molecule is CCN(C(=O)COc1ccccc1C(=O)O)C1=CCCC1. The number of carbonyl (C=O) groups is 2. The lowest BCUT2D eigenvalue weighted by molar-refractivity contribution is -0.131. The Kier molecular flexibility index (Phi) is 4.98. The third kappa shape index (κ3) is 3.62. The maximum Gasteiger partial charge on any atom is 0.339 e. The van der Waals surface area contributed by atoms with E-state index in [0.717, 1.165) is 25.0 Å². The van der Waals surface area contributed by atoms with Crippen molar-refractivity contribution in [2.75, 3.05) is 13.2 Å². The molecule has 1 aromatic carbocycles. The molecular weight excluding hydrogens is 270 g/mol. The van der Waals surface area contributed by atoms with Gasteiger partial charge in [0.25, 0.3) is 5.91 Å². The van der Waals surface area contributed by atoms with Crippen LogP contribution in [0.5, 0.6) is 5.75 Å².